The molecule has 104 valence electrons. The van der Waals surface area contributed by atoms with Crippen LogP contribution in [0, 0.1) is 5.82 Å². The molecule has 4 heteroatoms. The van der Waals surface area contributed by atoms with Crippen molar-refractivity contribution in [1.82, 2.24) is 0 Å². The molecule has 2 nitrogen and oxygen atoms in total. The lowest BCUT2D eigenvalue weighted by Gasteiger charge is -2.16. The predicted octanol–water partition coefficient (Wildman–Crippen LogP) is 4.12. The summed E-state index contributed by atoms with van der Waals surface area (Å²) in [6.07, 6.45) is 0.122. The molecule has 0 aliphatic heterocycles. The first-order chi connectivity index (χ1) is 9.60. The number of benzene rings is 2. The standard InChI is InChI=1S/C16H14ClFO2/c1-20-14-7-5-11(6-8-14)15(10-16(17)19)12-3-2-4-13(18)9-12/h2-9,15H,10H2,1H3/t15-/m1/s1. The van der Waals surface area contributed by atoms with Crippen molar-refractivity contribution >= 4 is 16.8 Å². The van der Waals surface area contributed by atoms with E-state index in [4.69, 9.17) is 16.3 Å². The van der Waals surface area contributed by atoms with E-state index in [9.17, 15) is 9.18 Å². The average Bonchev–Trinajstić information content (AvgIpc) is 2.45. The number of methoxy groups -OCH3 is 1. The van der Waals surface area contributed by atoms with Gasteiger partial charge < -0.3 is 4.74 Å². The third-order valence-corrected chi connectivity index (χ3v) is 3.29. The van der Waals surface area contributed by atoms with Gasteiger partial charge in [-0.2, -0.15) is 0 Å². The Bertz CT molecular complexity index is 596. The lowest BCUT2D eigenvalue weighted by Crippen LogP contribution is -2.05. The van der Waals surface area contributed by atoms with E-state index in [0.717, 1.165) is 16.9 Å². The molecule has 2 aromatic carbocycles. The molecule has 0 bridgehead atoms. The van der Waals surface area contributed by atoms with Crippen molar-refractivity contribution in [3.63, 3.8) is 0 Å². The average molecular weight is 293 g/mol. The summed E-state index contributed by atoms with van der Waals surface area (Å²) in [6, 6.07) is 13.5. The molecule has 0 aliphatic rings. The fraction of sp³-hybridized carbons (Fsp3) is 0.188. The molecule has 0 saturated heterocycles. The van der Waals surface area contributed by atoms with E-state index in [1.165, 1.54) is 12.1 Å². The van der Waals surface area contributed by atoms with Crippen LogP contribution in [0.5, 0.6) is 5.75 Å². The van der Waals surface area contributed by atoms with E-state index >= 15 is 0 Å². The Balaban J connectivity index is 2.38. The van der Waals surface area contributed by atoms with Gasteiger partial charge in [-0.1, -0.05) is 24.3 Å². The maximum absolute atomic E-state index is 13.4. The molecule has 2 rings (SSSR count). The number of carbonyl (C=O) groups is 1. The first kappa shape index (κ1) is 14.5. The van der Waals surface area contributed by atoms with Crippen LogP contribution in [-0.4, -0.2) is 12.4 Å². The summed E-state index contributed by atoms with van der Waals surface area (Å²) < 4.78 is 18.5. The maximum Gasteiger partial charge on any atom is 0.222 e. The molecule has 0 aliphatic carbocycles. The Morgan fingerprint density at radius 2 is 1.90 bits per heavy atom. The van der Waals surface area contributed by atoms with Gasteiger partial charge in [-0.05, 0) is 47.0 Å². The Labute approximate surface area is 122 Å². The molecule has 0 N–H and O–H groups in total. The summed E-state index contributed by atoms with van der Waals surface area (Å²) >= 11 is 5.51. The summed E-state index contributed by atoms with van der Waals surface area (Å²) in [5, 5.41) is -0.449. The van der Waals surface area contributed by atoms with Crippen LogP contribution in [0.3, 0.4) is 0 Å². The van der Waals surface area contributed by atoms with Crippen LogP contribution in [0.25, 0.3) is 0 Å². The second-order valence-electron chi connectivity index (χ2n) is 4.44. The predicted molar refractivity (Wildman–Crippen MR) is 76.7 cm³/mol. The van der Waals surface area contributed by atoms with Crippen LogP contribution in [0.1, 0.15) is 23.5 Å². The monoisotopic (exact) mass is 292 g/mol. The Kier molecular flexibility index (Phi) is 4.74. The van der Waals surface area contributed by atoms with E-state index < -0.39 is 5.24 Å². The minimum Gasteiger partial charge on any atom is -0.497 e. The largest absolute Gasteiger partial charge is 0.497 e. The van der Waals surface area contributed by atoms with E-state index in [0.29, 0.717) is 0 Å². The van der Waals surface area contributed by atoms with E-state index in [2.05, 4.69) is 0 Å². The highest BCUT2D eigenvalue weighted by molar-refractivity contribution is 6.63. The summed E-state index contributed by atoms with van der Waals surface area (Å²) in [4.78, 5) is 11.3. The van der Waals surface area contributed by atoms with E-state index in [-0.39, 0.29) is 18.2 Å². The molecule has 0 unspecified atom stereocenters. The van der Waals surface area contributed by atoms with Crippen molar-refractivity contribution < 1.29 is 13.9 Å². The minimum atomic E-state index is -0.449. The summed E-state index contributed by atoms with van der Waals surface area (Å²) in [5.74, 6) is 0.133. The molecular weight excluding hydrogens is 279 g/mol. The van der Waals surface area contributed by atoms with Crippen LogP contribution in [0.15, 0.2) is 48.5 Å². The third kappa shape index (κ3) is 3.58. The molecule has 0 saturated carbocycles. The number of carbonyl (C=O) groups excluding carboxylic acids is 1. The zero-order valence-corrected chi connectivity index (χ0v) is 11.7. The van der Waals surface area contributed by atoms with Crippen molar-refractivity contribution in [2.24, 2.45) is 0 Å². The van der Waals surface area contributed by atoms with Gasteiger partial charge >= 0.3 is 0 Å². The number of hydrogen-bond donors (Lipinski definition) is 0. The van der Waals surface area contributed by atoms with E-state index in [1.54, 1.807) is 31.4 Å². The number of rotatable bonds is 5. The van der Waals surface area contributed by atoms with E-state index in [1.807, 2.05) is 12.1 Å². The second kappa shape index (κ2) is 6.53. The van der Waals surface area contributed by atoms with Gasteiger partial charge in [0.15, 0.2) is 0 Å². The Hall–Kier alpha value is -1.87. The van der Waals surface area contributed by atoms with Gasteiger partial charge in [0, 0.05) is 12.3 Å². The van der Waals surface area contributed by atoms with Crippen LogP contribution < -0.4 is 4.74 Å². The fourth-order valence-corrected chi connectivity index (χ4v) is 2.30. The molecule has 0 aromatic heterocycles. The van der Waals surface area contributed by atoms with Gasteiger partial charge in [-0.15, -0.1) is 0 Å². The van der Waals surface area contributed by atoms with Gasteiger partial charge in [0.1, 0.15) is 11.6 Å². The van der Waals surface area contributed by atoms with Crippen molar-refractivity contribution in [3.8, 4) is 5.75 Å². The molecule has 0 radical (unpaired) electrons. The minimum absolute atomic E-state index is 0.122. The normalized spacial score (nSPS) is 11.9. The maximum atomic E-state index is 13.4. The van der Waals surface area contributed by atoms with Crippen molar-refractivity contribution in [2.75, 3.05) is 7.11 Å². The smallest absolute Gasteiger partial charge is 0.222 e. The first-order valence-corrected chi connectivity index (χ1v) is 6.55. The van der Waals surface area contributed by atoms with Gasteiger partial charge in [0.05, 0.1) is 7.11 Å². The van der Waals surface area contributed by atoms with Crippen LogP contribution in [0.2, 0.25) is 0 Å². The highest BCUT2D eigenvalue weighted by Crippen LogP contribution is 2.30. The lowest BCUT2D eigenvalue weighted by atomic mass is 9.89. The van der Waals surface area contributed by atoms with Gasteiger partial charge in [-0.25, -0.2) is 4.39 Å². The van der Waals surface area contributed by atoms with Crippen LogP contribution >= 0.6 is 11.6 Å². The van der Waals surface area contributed by atoms with Gasteiger partial charge in [-0.3, -0.25) is 4.79 Å². The number of halogens is 2. The van der Waals surface area contributed by atoms with Gasteiger partial charge in [0.25, 0.3) is 0 Å². The molecule has 2 aromatic rings. The van der Waals surface area contributed by atoms with Crippen molar-refractivity contribution in [1.29, 1.82) is 0 Å². The van der Waals surface area contributed by atoms with Gasteiger partial charge in [0.2, 0.25) is 5.24 Å². The molecule has 0 spiro atoms. The topological polar surface area (TPSA) is 26.3 Å². The molecule has 20 heavy (non-hydrogen) atoms. The van der Waals surface area contributed by atoms with Crippen molar-refractivity contribution in [2.45, 2.75) is 12.3 Å². The highest BCUT2D eigenvalue weighted by atomic mass is 35.5. The Morgan fingerprint density at radius 3 is 2.45 bits per heavy atom. The lowest BCUT2D eigenvalue weighted by molar-refractivity contribution is -0.111. The molecular formula is C16H14ClFO2. The zero-order chi connectivity index (χ0) is 14.5. The first-order valence-electron chi connectivity index (χ1n) is 6.18. The molecule has 0 heterocycles. The number of hydrogen-bond acceptors (Lipinski definition) is 2. The second-order valence-corrected chi connectivity index (χ2v) is 4.86. The van der Waals surface area contributed by atoms with Crippen LogP contribution in [-0.2, 0) is 4.79 Å². The molecule has 0 fully saturated rings. The summed E-state index contributed by atoms with van der Waals surface area (Å²) in [5.41, 5.74) is 1.62. The fourth-order valence-electron chi connectivity index (χ4n) is 2.15. The van der Waals surface area contributed by atoms with Crippen LogP contribution in [0.4, 0.5) is 4.39 Å². The van der Waals surface area contributed by atoms with Crippen molar-refractivity contribution in [3.05, 3.63) is 65.5 Å². The summed E-state index contributed by atoms with van der Waals surface area (Å²) in [6.45, 7) is 0. The number of ether oxygens (including phenoxy) is 1. The SMILES string of the molecule is COc1ccc([C@@H](CC(=O)Cl)c2cccc(F)c2)cc1. The quantitative estimate of drug-likeness (QED) is 0.775. The molecule has 0 amide bonds. The molecule has 1 atom stereocenters. The zero-order valence-electron chi connectivity index (χ0n) is 11.0. The highest BCUT2D eigenvalue weighted by Gasteiger charge is 2.18. The third-order valence-electron chi connectivity index (χ3n) is 3.13. The summed E-state index contributed by atoms with van der Waals surface area (Å²) in [7, 11) is 1.58. The Morgan fingerprint density at radius 1 is 1.20 bits per heavy atom.